The minimum atomic E-state index is -1.56. The molecule has 2 amide bonds. The minimum Gasteiger partial charge on any atom is -0.508 e. The third kappa shape index (κ3) is 20.5. The van der Waals surface area contributed by atoms with Crippen molar-refractivity contribution in [3.05, 3.63) is 47.5 Å². The lowest BCUT2D eigenvalue weighted by Gasteiger charge is -2.25. The first-order valence-electron chi connectivity index (χ1n) is 18.6. The molecule has 6 N–H and O–H groups in total. The van der Waals surface area contributed by atoms with Crippen LogP contribution in [0.5, 0.6) is 23.0 Å². The van der Waals surface area contributed by atoms with Gasteiger partial charge in [-0.25, -0.2) is 9.59 Å². The van der Waals surface area contributed by atoms with Crippen LogP contribution in [0.25, 0.3) is 0 Å². The Balaban J connectivity index is 1.77. The van der Waals surface area contributed by atoms with Gasteiger partial charge in [0.25, 0.3) is 0 Å². The van der Waals surface area contributed by atoms with E-state index in [9.17, 15) is 39.0 Å². The SMILES string of the molecule is CC(C)(C)OC(=O)CC(NC(=O)CCc1ccc(O)cc1OCCOCCOCCOc1cc(O)ccc1CCC(=O)NC(CC(=O)O)C(=O)O)C(=O)OC(C)(C)C. The molecule has 2 unspecified atom stereocenters. The van der Waals surface area contributed by atoms with Crippen LogP contribution in [0.4, 0.5) is 0 Å². The number of aromatic hydroxyl groups is 2. The summed E-state index contributed by atoms with van der Waals surface area (Å²) in [6.07, 6.45) is -1.07. The number of carbonyl (C=O) groups excluding carboxylic acids is 4. The van der Waals surface area contributed by atoms with E-state index in [4.69, 9.17) is 38.6 Å². The molecule has 0 saturated heterocycles. The first-order chi connectivity index (χ1) is 27.1. The number of ether oxygens (including phenoxy) is 6. The highest BCUT2D eigenvalue weighted by Crippen LogP contribution is 2.27. The molecular formula is C40H56N2O16. The lowest BCUT2D eigenvalue weighted by atomic mass is 10.1. The summed E-state index contributed by atoms with van der Waals surface area (Å²) < 4.78 is 33.4. The van der Waals surface area contributed by atoms with Gasteiger partial charge in [-0.3, -0.25) is 19.2 Å². The highest BCUT2D eigenvalue weighted by atomic mass is 16.6. The molecule has 18 nitrogen and oxygen atoms in total. The number of phenols is 2. The Morgan fingerprint density at radius 3 is 1.45 bits per heavy atom. The number of rotatable bonds is 25. The summed E-state index contributed by atoms with van der Waals surface area (Å²) >= 11 is 0. The normalized spacial score (nSPS) is 12.4. The lowest BCUT2D eigenvalue weighted by Crippen LogP contribution is -2.46. The van der Waals surface area contributed by atoms with E-state index in [1.54, 1.807) is 53.7 Å². The fourth-order valence-corrected chi connectivity index (χ4v) is 5.03. The van der Waals surface area contributed by atoms with Gasteiger partial charge < -0.3 is 59.5 Å². The van der Waals surface area contributed by atoms with E-state index in [-0.39, 0.29) is 76.8 Å². The summed E-state index contributed by atoms with van der Waals surface area (Å²) in [5, 5.41) is 42.7. The summed E-state index contributed by atoms with van der Waals surface area (Å²) in [5.74, 6) is -4.93. The molecule has 2 atom stereocenters. The molecule has 0 saturated carbocycles. The number of aryl methyl sites for hydroxylation is 2. The van der Waals surface area contributed by atoms with E-state index in [2.05, 4.69) is 10.6 Å². The maximum absolute atomic E-state index is 12.9. The minimum absolute atomic E-state index is 0.0488. The average molecular weight is 821 g/mol. The number of benzene rings is 2. The van der Waals surface area contributed by atoms with Gasteiger partial charge in [0.15, 0.2) is 0 Å². The summed E-state index contributed by atoms with van der Waals surface area (Å²) in [6, 6.07) is 5.98. The molecule has 2 aromatic carbocycles. The number of nitrogens with one attached hydrogen (secondary N) is 2. The van der Waals surface area contributed by atoms with E-state index >= 15 is 0 Å². The second-order valence-electron chi connectivity index (χ2n) is 15.0. The topological polar surface area (TPSA) is 263 Å². The zero-order valence-corrected chi connectivity index (χ0v) is 33.8. The third-order valence-electron chi connectivity index (χ3n) is 7.52. The van der Waals surface area contributed by atoms with Gasteiger partial charge in [-0.1, -0.05) is 12.1 Å². The van der Waals surface area contributed by atoms with Crippen LogP contribution in [0.2, 0.25) is 0 Å². The maximum Gasteiger partial charge on any atom is 0.329 e. The first-order valence-corrected chi connectivity index (χ1v) is 18.6. The Hall–Kier alpha value is -5.62. The van der Waals surface area contributed by atoms with Gasteiger partial charge in [-0.05, 0) is 77.6 Å². The van der Waals surface area contributed by atoms with Crippen LogP contribution < -0.4 is 20.1 Å². The van der Waals surface area contributed by atoms with E-state index in [0.717, 1.165) is 0 Å². The number of phenolic OH excluding ortho intramolecular Hbond substituents is 2. The Bertz CT molecular complexity index is 1700. The molecule has 0 bridgehead atoms. The Morgan fingerprint density at radius 1 is 0.603 bits per heavy atom. The van der Waals surface area contributed by atoms with Crippen molar-refractivity contribution in [2.24, 2.45) is 0 Å². The molecule has 0 aliphatic heterocycles. The van der Waals surface area contributed by atoms with Crippen LogP contribution in [0, 0.1) is 0 Å². The van der Waals surface area contributed by atoms with Crippen molar-refractivity contribution in [1.82, 2.24) is 10.6 Å². The molecule has 18 heteroatoms. The number of carboxylic acids is 2. The van der Waals surface area contributed by atoms with Crippen molar-refractivity contribution in [3.8, 4) is 23.0 Å². The van der Waals surface area contributed by atoms with Crippen molar-refractivity contribution >= 4 is 35.7 Å². The lowest BCUT2D eigenvalue weighted by molar-refractivity contribution is -0.165. The van der Waals surface area contributed by atoms with Crippen LogP contribution in [0.3, 0.4) is 0 Å². The number of amides is 2. The number of hydrogen-bond acceptors (Lipinski definition) is 14. The van der Waals surface area contributed by atoms with Crippen molar-refractivity contribution in [2.75, 3.05) is 39.6 Å². The number of carbonyl (C=O) groups is 6. The number of carboxylic acid groups (broad SMARTS) is 2. The Labute approximate surface area is 337 Å². The third-order valence-corrected chi connectivity index (χ3v) is 7.52. The molecule has 0 fully saturated rings. The molecule has 0 spiro atoms. The molecule has 322 valence electrons. The van der Waals surface area contributed by atoms with Gasteiger partial charge in [-0.2, -0.15) is 0 Å². The molecule has 2 aromatic rings. The van der Waals surface area contributed by atoms with Crippen LogP contribution in [-0.4, -0.2) is 119 Å². The Kier molecular flexibility index (Phi) is 19.7. The van der Waals surface area contributed by atoms with Gasteiger partial charge >= 0.3 is 23.9 Å². The standard InChI is InChI=1S/C40H56N2O16/c1-39(2,3)57-36(49)24-30(38(52)58-40(4,5)6)42-34(46)14-10-26-8-12-28(44)22-32(26)56-20-18-54-16-15-53-17-19-55-31-21-27(43)11-7-25(31)9-13-33(45)41-29(37(50)51)23-35(47)48/h7-8,11-12,21-22,29-30,43-44H,9-10,13-20,23-24H2,1-6H3,(H,41,45)(H,42,46)(H,47,48)(H,50,51). The van der Waals surface area contributed by atoms with Gasteiger partial charge in [0.2, 0.25) is 11.8 Å². The van der Waals surface area contributed by atoms with E-state index in [0.29, 0.717) is 22.6 Å². The second-order valence-corrected chi connectivity index (χ2v) is 15.0. The number of esters is 2. The molecular weight excluding hydrogens is 764 g/mol. The molecule has 0 radical (unpaired) electrons. The zero-order chi connectivity index (χ0) is 43.5. The molecule has 0 aliphatic rings. The van der Waals surface area contributed by atoms with Gasteiger partial charge in [0.1, 0.15) is 59.5 Å². The van der Waals surface area contributed by atoms with Crippen molar-refractivity contribution < 1.29 is 77.6 Å². The second kappa shape index (κ2) is 23.6. The largest absolute Gasteiger partial charge is 0.508 e. The van der Waals surface area contributed by atoms with Gasteiger partial charge in [0, 0.05) is 25.0 Å². The molecule has 58 heavy (non-hydrogen) atoms. The van der Waals surface area contributed by atoms with Crippen molar-refractivity contribution in [2.45, 2.75) is 103 Å². The quantitative estimate of drug-likeness (QED) is 0.0621. The number of hydrogen-bond donors (Lipinski definition) is 6. The van der Waals surface area contributed by atoms with Crippen molar-refractivity contribution in [3.63, 3.8) is 0 Å². The molecule has 2 rings (SSSR count). The maximum atomic E-state index is 12.9. The molecule has 0 aliphatic carbocycles. The first kappa shape index (κ1) is 48.5. The highest BCUT2D eigenvalue weighted by molar-refractivity contribution is 5.88. The highest BCUT2D eigenvalue weighted by Gasteiger charge is 2.31. The fraction of sp³-hybridized carbons (Fsp3) is 0.550. The summed E-state index contributed by atoms with van der Waals surface area (Å²) in [4.78, 5) is 72.6. The van der Waals surface area contributed by atoms with E-state index < -0.39 is 71.8 Å². The predicted molar refractivity (Wildman–Crippen MR) is 206 cm³/mol. The van der Waals surface area contributed by atoms with Gasteiger partial charge in [-0.15, -0.1) is 0 Å². The predicted octanol–water partition coefficient (Wildman–Crippen LogP) is 3.06. The summed E-state index contributed by atoms with van der Waals surface area (Å²) in [5.41, 5.74) is -0.469. The Morgan fingerprint density at radius 2 is 1.03 bits per heavy atom. The van der Waals surface area contributed by atoms with E-state index in [1.165, 1.54) is 24.3 Å². The monoisotopic (exact) mass is 820 g/mol. The zero-order valence-electron chi connectivity index (χ0n) is 33.8. The molecule has 0 heterocycles. The van der Waals surface area contributed by atoms with Crippen LogP contribution >= 0.6 is 0 Å². The average Bonchev–Trinajstić information content (AvgIpc) is 3.09. The van der Waals surface area contributed by atoms with Crippen LogP contribution in [0.15, 0.2) is 36.4 Å². The van der Waals surface area contributed by atoms with Crippen LogP contribution in [0.1, 0.15) is 78.4 Å². The molecule has 0 aromatic heterocycles. The summed E-state index contributed by atoms with van der Waals surface area (Å²) in [7, 11) is 0. The number of aliphatic carboxylic acids is 2. The summed E-state index contributed by atoms with van der Waals surface area (Å²) in [6.45, 7) is 11.0. The smallest absolute Gasteiger partial charge is 0.329 e. The van der Waals surface area contributed by atoms with E-state index in [1.807, 2.05) is 0 Å². The van der Waals surface area contributed by atoms with Gasteiger partial charge in [0.05, 0.1) is 39.3 Å². The fourth-order valence-electron chi connectivity index (χ4n) is 5.03. The van der Waals surface area contributed by atoms with Crippen LogP contribution in [-0.2, 0) is 60.6 Å². The van der Waals surface area contributed by atoms with Crippen molar-refractivity contribution in [1.29, 1.82) is 0 Å².